The van der Waals surface area contributed by atoms with Crippen molar-refractivity contribution in [3.63, 3.8) is 0 Å². The number of benzene rings is 1. The molecule has 1 aliphatic rings. The van der Waals surface area contributed by atoms with Crippen LogP contribution in [0, 0.1) is 5.92 Å². The van der Waals surface area contributed by atoms with Crippen LogP contribution in [0.5, 0.6) is 11.5 Å². The quantitative estimate of drug-likeness (QED) is 0.744. The molecule has 0 aliphatic carbocycles. The maximum Gasteiger partial charge on any atom is 0.254 e. The van der Waals surface area contributed by atoms with E-state index in [-0.39, 0.29) is 17.4 Å². The molecule has 2 rings (SSSR count). The Hall–Kier alpha value is -1.75. The third-order valence-electron chi connectivity index (χ3n) is 3.30. The van der Waals surface area contributed by atoms with Gasteiger partial charge in [0.1, 0.15) is 11.5 Å². The van der Waals surface area contributed by atoms with E-state index in [0.29, 0.717) is 31.1 Å². The summed E-state index contributed by atoms with van der Waals surface area (Å²) in [5.74, 6) is 0.109. The highest BCUT2D eigenvalue weighted by Crippen LogP contribution is 2.25. The Bertz CT molecular complexity index is 428. The topological polar surface area (TPSA) is 86.8 Å². The number of likely N-dealkylation sites (tertiary alicyclic amines) is 1. The van der Waals surface area contributed by atoms with E-state index in [9.17, 15) is 15.0 Å². The van der Waals surface area contributed by atoms with Crippen LogP contribution in [0.4, 0.5) is 0 Å². The number of nitrogens with zero attached hydrogens (tertiary/aromatic N) is 1. The van der Waals surface area contributed by atoms with Crippen molar-refractivity contribution in [3.05, 3.63) is 23.8 Å². The van der Waals surface area contributed by atoms with E-state index in [1.54, 1.807) is 4.90 Å². The smallest absolute Gasteiger partial charge is 0.254 e. The molecule has 18 heavy (non-hydrogen) atoms. The molecule has 5 heteroatoms. The Balaban J connectivity index is 2.08. The summed E-state index contributed by atoms with van der Waals surface area (Å²) in [5.41, 5.74) is 5.83. The molecule has 0 spiro atoms. The molecule has 0 radical (unpaired) electrons. The van der Waals surface area contributed by atoms with Gasteiger partial charge in [-0.3, -0.25) is 4.79 Å². The zero-order chi connectivity index (χ0) is 13.1. The normalized spacial score (nSPS) is 19.2. The Morgan fingerprint density at radius 2 is 2.00 bits per heavy atom. The maximum absolute atomic E-state index is 12.2. The summed E-state index contributed by atoms with van der Waals surface area (Å²) in [7, 11) is 0. The lowest BCUT2D eigenvalue weighted by molar-refractivity contribution is 0.0786. The molecule has 1 heterocycles. The lowest BCUT2D eigenvalue weighted by atomic mass is 10.1. The second-order valence-corrected chi connectivity index (χ2v) is 4.72. The van der Waals surface area contributed by atoms with Crippen LogP contribution in [0.15, 0.2) is 18.2 Å². The van der Waals surface area contributed by atoms with E-state index >= 15 is 0 Å². The highest BCUT2D eigenvalue weighted by atomic mass is 16.3. The molecule has 1 fully saturated rings. The van der Waals surface area contributed by atoms with E-state index in [4.69, 9.17) is 5.73 Å². The lowest BCUT2D eigenvalue weighted by Crippen LogP contribution is -2.28. The molecule has 1 saturated heterocycles. The molecule has 0 bridgehead atoms. The number of nitrogens with two attached hydrogens (primary N) is 1. The highest BCUT2D eigenvalue weighted by Gasteiger charge is 2.26. The van der Waals surface area contributed by atoms with Gasteiger partial charge in [0.15, 0.2) is 0 Å². The maximum atomic E-state index is 12.2. The highest BCUT2D eigenvalue weighted by molar-refractivity contribution is 5.95. The van der Waals surface area contributed by atoms with Crippen LogP contribution in [0.3, 0.4) is 0 Å². The number of carbonyl (C=O) groups is 1. The summed E-state index contributed by atoms with van der Waals surface area (Å²) in [6.45, 7) is 2.05. The molecule has 1 atom stereocenters. The monoisotopic (exact) mass is 250 g/mol. The Morgan fingerprint density at radius 1 is 1.33 bits per heavy atom. The van der Waals surface area contributed by atoms with Crippen molar-refractivity contribution in [2.24, 2.45) is 11.7 Å². The lowest BCUT2D eigenvalue weighted by Gasteiger charge is -2.16. The van der Waals surface area contributed by atoms with Crippen molar-refractivity contribution >= 4 is 5.91 Å². The molecule has 1 aromatic rings. The zero-order valence-corrected chi connectivity index (χ0v) is 10.2. The molecule has 1 unspecified atom stereocenters. The van der Waals surface area contributed by atoms with Gasteiger partial charge in [0.2, 0.25) is 0 Å². The van der Waals surface area contributed by atoms with Crippen LogP contribution in [-0.4, -0.2) is 40.7 Å². The minimum Gasteiger partial charge on any atom is -0.508 e. The average Bonchev–Trinajstić information content (AvgIpc) is 2.76. The van der Waals surface area contributed by atoms with Gasteiger partial charge in [0, 0.05) is 24.7 Å². The number of phenolic OH excluding ortho intramolecular Hbond substituents is 2. The van der Waals surface area contributed by atoms with Crippen molar-refractivity contribution < 1.29 is 15.0 Å². The molecule has 5 nitrogen and oxygen atoms in total. The molecule has 1 aliphatic heterocycles. The van der Waals surface area contributed by atoms with Gasteiger partial charge in [-0.15, -0.1) is 0 Å². The van der Waals surface area contributed by atoms with Gasteiger partial charge in [-0.25, -0.2) is 0 Å². The third-order valence-corrected chi connectivity index (χ3v) is 3.30. The van der Waals surface area contributed by atoms with Crippen molar-refractivity contribution in [1.29, 1.82) is 0 Å². The van der Waals surface area contributed by atoms with E-state index in [0.717, 1.165) is 12.8 Å². The fourth-order valence-electron chi connectivity index (χ4n) is 2.39. The van der Waals surface area contributed by atoms with Crippen LogP contribution < -0.4 is 5.73 Å². The zero-order valence-electron chi connectivity index (χ0n) is 10.2. The number of hydrogen-bond acceptors (Lipinski definition) is 4. The number of carbonyl (C=O) groups excluding carboxylic acids is 1. The van der Waals surface area contributed by atoms with Gasteiger partial charge in [0.25, 0.3) is 5.91 Å². The first-order chi connectivity index (χ1) is 8.60. The average molecular weight is 250 g/mol. The number of phenols is 2. The standard InChI is InChI=1S/C13H18N2O3/c14-3-1-9-2-4-15(8-9)13(18)10-5-11(16)7-12(17)6-10/h5-7,9,16-17H,1-4,8,14H2. The molecule has 0 saturated carbocycles. The first kappa shape index (κ1) is 12.7. The summed E-state index contributed by atoms with van der Waals surface area (Å²) >= 11 is 0. The van der Waals surface area contributed by atoms with Gasteiger partial charge in [-0.05, 0) is 37.4 Å². The van der Waals surface area contributed by atoms with Crippen molar-refractivity contribution in [2.45, 2.75) is 12.8 Å². The van der Waals surface area contributed by atoms with E-state index in [1.807, 2.05) is 0 Å². The van der Waals surface area contributed by atoms with Crippen LogP contribution >= 0.6 is 0 Å². The summed E-state index contributed by atoms with van der Waals surface area (Å²) in [6.07, 6.45) is 1.89. The summed E-state index contributed by atoms with van der Waals surface area (Å²) < 4.78 is 0. The largest absolute Gasteiger partial charge is 0.508 e. The van der Waals surface area contributed by atoms with Gasteiger partial charge >= 0.3 is 0 Å². The predicted molar refractivity (Wildman–Crippen MR) is 67.5 cm³/mol. The fraction of sp³-hybridized carbons (Fsp3) is 0.462. The minimum absolute atomic E-state index is 0.101. The van der Waals surface area contributed by atoms with Gasteiger partial charge < -0.3 is 20.8 Å². The van der Waals surface area contributed by atoms with Gasteiger partial charge in [-0.1, -0.05) is 0 Å². The number of hydrogen-bond donors (Lipinski definition) is 3. The molecule has 1 aromatic carbocycles. The van der Waals surface area contributed by atoms with Crippen LogP contribution in [0.1, 0.15) is 23.2 Å². The molecular weight excluding hydrogens is 232 g/mol. The van der Waals surface area contributed by atoms with Gasteiger partial charge in [-0.2, -0.15) is 0 Å². The van der Waals surface area contributed by atoms with Crippen LogP contribution in [-0.2, 0) is 0 Å². The molecule has 98 valence electrons. The molecule has 1 amide bonds. The number of aromatic hydroxyl groups is 2. The van der Waals surface area contributed by atoms with Gasteiger partial charge in [0.05, 0.1) is 0 Å². The van der Waals surface area contributed by atoms with Crippen molar-refractivity contribution in [1.82, 2.24) is 4.90 Å². The third kappa shape index (κ3) is 2.73. The summed E-state index contributed by atoms with van der Waals surface area (Å²) in [4.78, 5) is 13.9. The predicted octanol–water partition coefficient (Wildman–Crippen LogP) is 0.909. The van der Waals surface area contributed by atoms with E-state index in [2.05, 4.69) is 0 Å². The second-order valence-electron chi connectivity index (χ2n) is 4.72. The molecular formula is C13H18N2O3. The Labute approximate surface area is 106 Å². The molecule has 4 N–H and O–H groups in total. The van der Waals surface area contributed by atoms with Crippen LogP contribution in [0.25, 0.3) is 0 Å². The fourth-order valence-corrected chi connectivity index (χ4v) is 2.39. The SMILES string of the molecule is NCCC1CCN(C(=O)c2cc(O)cc(O)c2)C1. The summed E-state index contributed by atoms with van der Waals surface area (Å²) in [5, 5.41) is 18.7. The Morgan fingerprint density at radius 3 is 2.61 bits per heavy atom. The van der Waals surface area contributed by atoms with Crippen molar-refractivity contribution in [2.75, 3.05) is 19.6 Å². The van der Waals surface area contributed by atoms with E-state index in [1.165, 1.54) is 18.2 Å². The number of rotatable bonds is 3. The first-order valence-electron chi connectivity index (χ1n) is 6.12. The summed E-state index contributed by atoms with van der Waals surface area (Å²) in [6, 6.07) is 3.95. The van der Waals surface area contributed by atoms with Crippen LogP contribution in [0.2, 0.25) is 0 Å². The van der Waals surface area contributed by atoms with E-state index < -0.39 is 0 Å². The second kappa shape index (κ2) is 5.27. The number of amides is 1. The molecule has 0 aromatic heterocycles. The Kier molecular flexibility index (Phi) is 3.72. The minimum atomic E-state index is -0.152. The first-order valence-corrected chi connectivity index (χ1v) is 6.12. The van der Waals surface area contributed by atoms with Crippen molar-refractivity contribution in [3.8, 4) is 11.5 Å².